The average Bonchev–Trinajstić information content (AvgIpc) is 2.31. The Morgan fingerprint density at radius 2 is 1.75 bits per heavy atom. The molecule has 4 heteroatoms. The Kier molecular flexibility index (Phi) is 3.93. The highest BCUT2D eigenvalue weighted by Crippen LogP contribution is 2.22. The molecular formula is C12H19NO3. The molecule has 16 heavy (non-hydrogen) atoms. The fourth-order valence-corrected chi connectivity index (χ4v) is 2.36. The van der Waals surface area contributed by atoms with Gasteiger partial charge in [-0.1, -0.05) is 0 Å². The average molecular weight is 225 g/mol. The molecule has 2 fully saturated rings. The van der Waals surface area contributed by atoms with Gasteiger partial charge in [0, 0.05) is 38.0 Å². The highest BCUT2D eigenvalue weighted by Gasteiger charge is 2.26. The predicted octanol–water partition coefficient (Wildman–Crippen LogP) is 1.04. The second-order valence-corrected chi connectivity index (χ2v) is 4.71. The van der Waals surface area contributed by atoms with E-state index in [2.05, 4.69) is 5.32 Å². The van der Waals surface area contributed by atoms with Crippen molar-refractivity contribution >= 4 is 11.7 Å². The molecule has 1 N–H and O–H groups in total. The van der Waals surface area contributed by atoms with Crippen molar-refractivity contribution in [2.75, 3.05) is 13.2 Å². The Morgan fingerprint density at radius 1 is 1.12 bits per heavy atom. The quantitative estimate of drug-likeness (QED) is 0.764. The number of ether oxygens (including phenoxy) is 1. The third-order valence-electron chi connectivity index (χ3n) is 3.48. The van der Waals surface area contributed by atoms with Gasteiger partial charge in [-0.05, 0) is 25.7 Å². The number of amides is 1. The smallest absolute Gasteiger partial charge is 0.223 e. The molecule has 1 amide bonds. The molecule has 1 saturated heterocycles. The van der Waals surface area contributed by atoms with Gasteiger partial charge in [-0.3, -0.25) is 9.59 Å². The first-order valence-electron chi connectivity index (χ1n) is 6.15. The van der Waals surface area contributed by atoms with Crippen molar-refractivity contribution in [2.24, 2.45) is 5.92 Å². The Balaban J connectivity index is 1.76. The zero-order valence-corrected chi connectivity index (χ0v) is 9.54. The molecule has 4 nitrogen and oxygen atoms in total. The summed E-state index contributed by atoms with van der Waals surface area (Å²) >= 11 is 0. The van der Waals surface area contributed by atoms with E-state index < -0.39 is 0 Å². The van der Waals surface area contributed by atoms with Crippen LogP contribution >= 0.6 is 0 Å². The van der Waals surface area contributed by atoms with Crippen LogP contribution in [0.3, 0.4) is 0 Å². The van der Waals surface area contributed by atoms with E-state index >= 15 is 0 Å². The molecule has 0 aromatic rings. The minimum atomic E-state index is 0.0561. The van der Waals surface area contributed by atoms with Crippen LogP contribution in [0, 0.1) is 5.92 Å². The van der Waals surface area contributed by atoms with Crippen molar-refractivity contribution < 1.29 is 14.3 Å². The van der Waals surface area contributed by atoms with Crippen molar-refractivity contribution in [1.29, 1.82) is 0 Å². The first kappa shape index (κ1) is 11.6. The van der Waals surface area contributed by atoms with Crippen LogP contribution < -0.4 is 5.32 Å². The largest absolute Gasteiger partial charge is 0.381 e. The van der Waals surface area contributed by atoms with E-state index in [9.17, 15) is 9.59 Å². The molecule has 0 unspecified atom stereocenters. The Bertz CT molecular complexity index is 261. The number of hydrogen-bond donors (Lipinski definition) is 1. The molecular weight excluding hydrogens is 206 g/mol. The zero-order chi connectivity index (χ0) is 11.4. The summed E-state index contributed by atoms with van der Waals surface area (Å²) in [5.74, 6) is 0.495. The molecule has 1 saturated carbocycles. The summed E-state index contributed by atoms with van der Waals surface area (Å²) in [7, 11) is 0. The fraction of sp³-hybridized carbons (Fsp3) is 0.833. The summed E-state index contributed by atoms with van der Waals surface area (Å²) in [4.78, 5) is 23.0. The molecule has 90 valence electrons. The minimum Gasteiger partial charge on any atom is -0.381 e. The van der Waals surface area contributed by atoms with Crippen LogP contribution in [0.2, 0.25) is 0 Å². The zero-order valence-electron chi connectivity index (χ0n) is 9.54. The van der Waals surface area contributed by atoms with Crippen LogP contribution in [0.5, 0.6) is 0 Å². The second kappa shape index (κ2) is 5.43. The van der Waals surface area contributed by atoms with E-state index in [0.29, 0.717) is 18.6 Å². The molecule has 1 aliphatic carbocycles. The summed E-state index contributed by atoms with van der Waals surface area (Å²) in [6, 6.07) is 0.277. The van der Waals surface area contributed by atoms with Gasteiger partial charge in [0.15, 0.2) is 0 Å². The summed E-state index contributed by atoms with van der Waals surface area (Å²) in [6.45, 7) is 1.49. The van der Waals surface area contributed by atoms with E-state index in [0.717, 1.165) is 38.9 Å². The van der Waals surface area contributed by atoms with E-state index in [4.69, 9.17) is 4.74 Å². The van der Waals surface area contributed by atoms with Gasteiger partial charge in [-0.25, -0.2) is 0 Å². The molecule has 1 aliphatic heterocycles. The van der Waals surface area contributed by atoms with Gasteiger partial charge < -0.3 is 10.1 Å². The lowest BCUT2D eigenvalue weighted by atomic mass is 9.87. The molecule has 0 aromatic heterocycles. The van der Waals surface area contributed by atoms with Gasteiger partial charge in [0.05, 0.1) is 0 Å². The van der Waals surface area contributed by atoms with Gasteiger partial charge in [-0.2, -0.15) is 0 Å². The van der Waals surface area contributed by atoms with E-state index in [-0.39, 0.29) is 17.9 Å². The molecule has 1 heterocycles. The molecule has 0 bridgehead atoms. The van der Waals surface area contributed by atoms with Gasteiger partial charge in [0.25, 0.3) is 0 Å². The van der Waals surface area contributed by atoms with Gasteiger partial charge in [0.1, 0.15) is 5.78 Å². The van der Waals surface area contributed by atoms with Crippen molar-refractivity contribution in [1.82, 2.24) is 5.32 Å². The number of carbonyl (C=O) groups excluding carboxylic acids is 2. The van der Waals surface area contributed by atoms with Crippen LogP contribution in [0.25, 0.3) is 0 Å². The summed E-state index contributed by atoms with van der Waals surface area (Å²) in [5.41, 5.74) is 0. The number of nitrogens with one attached hydrogen (secondary N) is 1. The van der Waals surface area contributed by atoms with Crippen LogP contribution in [0.1, 0.15) is 38.5 Å². The highest BCUT2D eigenvalue weighted by atomic mass is 16.5. The first-order valence-corrected chi connectivity index (χ1v) is 6.15. The second-order valence-electron chi connectivity index (χ2n) is 4.71. The number of Topliss-reactive ketones (excluding diaryl/α,β-unsaturated/α-hetero) is 1. The van der Waals surface area contributed by atoms with Crippen LogP contribution in [-0.4, -0.2) is 30.9 Å². The maximum absolute atomic E-state index is 11.9. The molecule has 2 aliphatic rings. The van der Waals surface area contributed by atoms with Crippen LogP contribution in [0.4, 0.5) is 0 Å². The molecule has 0 radical (unpaired) electrons. The predicted molar refractivity (Wildman–Crippen MR) is 58.9 cm³/mol. The topological polar surface area (TPSA) is 55.4 Å². The van der Waals surface area contributed by atoms with Crippen molar-refractivity contribution in [3.8, 4) is 0 Å². The van der Waals surface area contributed by atoms with Crippen molar-refractivity contribution in [2.45, 2.75) is 44.6 Å². The van der Waals surface area contributed by atoms with E-state index in [1.54, 1.807) is 0 Å². The van der Waals surface area contributed by atoms with Gasteiger partial charge in [0.2, 0.25) is 5.91 Å². The monoisotopic (exact) mass is 225 g/mol. The van der Waals surface area contributed by atoms with E-state index in [1.807, 2.05) is 0 Å². The fourth-order valence-electron chi connectivity index (χ4n) is 2.36. The number of carbonyl (C=O) groups is 2. The minimum absolute atomic E-state index is 0.0561. The van der Waals surface area contributed by atoms with Gasteiger partial charge >= 0.3 is 0 Å². The Labute approximate surface area is 95.7 Å². The maximum Gasteiger partial charge on any atom is 0.223 e. The first-order chi connectivity index (χ1) is 7.75. The standard InChI is InChI=1S/C12H19NO3/c14-11-3-1-9(2-4-11)12(15)13-10-5-7-16-8-6-10/h9-10H,1-8H2,(H,13,15). The molecule has 0 aromatic carbocycles. The lowest BCUT2D eigenvalue weighted by Gasteiger charge is -2.26. The normalized spacial score (nSPS) is 24.4. The number of rotatable bonds is 2. The van der Waals surface area contributed by atoms with Crippen molar-refractivity contribution in [3.05, 3.63) is 0 Å². The lowest BCUT2D eigenvalue weighted by molar-refractivity contribution is -0.129. The third-order valence-corrected chi connectivity index (χ3v) is 3.48. The maximum atomic E-state index is 11.9. The molecule has 2 rings (SSSR count). The molecule has 0 atom stereocenters. The number of hydrogen-bond acceptors (Lipinski definition) is 3. The van der Waals surface area contributed by atoms with Gasteiger partial charge in [-0.15, -0.1) is 0 Å². The number of ketones is 1. The SMILES string of the molecule is O=C1CCC(C(=O)NC2CCOCC2)CC1. The highest BCUT2D eigenvalue weighted by molar-refractivity contribution is 5.84. The lowest BCUT2D eigenvalue weighted by Crippen LogP contribution is -2.42. The van der Waals surface area contributed by atoms with Crippen LogP contribution in [0.15, 0.2) is 0 Å². The van der Waals surface area contributed by atoms with E-state index in [1.165, 1.54) is 0 Å². The summed E-state index contributed by atoms with van der Waals surface area (Å²) in [6.07, 6.45) is 4.44. The summed E-state index contributed by atoms with van der Waals surface area (Å²) in [5, 5.41) is 3.07. The van der Waals surface area contributed by atoms with Crippen LogP contribution in [-0.2, 0) is 14.3 Å². The third kappa shape index (κ3) is 3.04. The van der Waals surface area contributed by atoms with Crippen molar-refractivity contribution in [3.63, 3.8) is 0 Å². The Morgan fingerprint density at radius 3 is 2.38 bits per heavy atom. The Hall–Kier alpha value is -0.900. The summed E-state index contributed by atoms with van der Waals surface area (Å²) < 4.78 is 5.24. The molecule has 0 spiro atoms.